The van der Waals surface area contributed by atoms with E-state index in [2.05, 4.69) is 22.1 Å². The number of rotatable bonds is 2. The first kappa shape index (κ1) is 11.4. The number of nitrogens with zero attached hydrogens (tertiary/aromatic N) is 3. The van der Waals surface area contributed by atoms with Crippen LogP contribution in [0.1, 0.15) is 6.92 Å². The second-order valence-electron chi connectivity index (χ2n) is 5.08. The van der Waals surface area contributed by atoms with E-state index in [9.17, 15) is 10.1 Å². The van der Waals surface area contributed by atoms with Gasteiger partial charge >= 0.3 is 5.69 Å². The summed E-state index contributed by atoms with van der Waals surface area (Å²) < 4.78 is 0. The summed E-state index contributed by atoms with van der Waals surface area (Å²) in [6, 6.07) is 3.45. The van der Waals surface area contributed by atoms with Crippen LogP contribution >= 0.6 is 0 Å². The predicted molar refractivity (Wildman–Crippen MR) is 67.5 cm³/mol. The molecule has 1 N–H and O–H groups in total. The lowest BCUT2D eigenvalue weighted by atomic mass is 9.95. The molecule has 3 heterocycles. The Morgan fingerprint density at radius 2 is 2.39 bits per heavy atom. The minimum atomic E-state index is -0.346. The minimum Gasteiger partial charge on any atom is -0.348 e. The fraction of sp³-hybridized carbons (Fsp3) is 0.583. The van der Waals surface area contributed by atoms with E-state index in [0.717, 1.165) is 19.6 Å². The highest BCUT2D eigenvalue weighted by molar-refractivity contribution is 5.58. The van der Waals surface area contributed by atoms with Crippen LogP contribution in [0.25, 0.3) is 0 Å². The average molecular weight is 248 g/mol. The predicted octanol–water partition coefficient (Wildman–Crippen LogP) is 1.03. The molecule has 0 saturated carbocycles. The molecule has 2 fully saturated rings. The summed E-state index contributed by atoms with van der Waals surface area (Å²) in [7, 11) is 0. The molecular weight excluding hydrogens is 232 g/mol. The van der Waals surface area contributed by atoms with Crippen molar-refractivity contribution in [2.75, 3.05) is 24.5 Å². The fourth-order valence-electron chi connectivity index (χ4n) is 3.20. The maximum atomic E-state index is 11.1. The Labute approximate surface area is 105 Å². The van der Waals surface area contributed by atoms with Crippen LogP contribution in [0.3, 0.4) is 0 Å². The molecule has 0 bridgehead atoms. The van der Waals surface area contributed by atoms with Gasteiger partial charge in [-0.15, -0.1) is 0 Å². The maximum Gasteiger partial charge on any atom is 0.311 e. The molecule has 96 valence electrons. The maximum absolute atomic E-state index is 11.1. The molecule has 1 aromatic rings. The van der Waals surface area contributed by atoms with Crippen molar-refractivity contribution >= 4 is 11.5 Å². The highest BCUT2D eigenvalue weighted by atomic mass is 16.6. The lowest BCUT2D eigenvalue weighted by Crippen LogP contribution is -2.34. The number of fused-ring (bicyclic) bond motifs is 1. The van der Waals surface area contributed by atoms with Crippen LogP contribution in [-0.4, -0.2) is 35.6 Å². The summed E-state index contributed by atoms with van der Waals surface area (Å²) in [4.78, 5) is 17.0. The average Bonchev–Trinajstić information content (AvgIpc) is 2.93. The van der Waals surface area contributed by atoms with Gasteiger partial charge in [-0.05, 0) is 24.8 Å². The van der Waals surface area contributed by atoms with E-state index in [-0.39, 0.29) is 10.6 Å². The van der Waals surface area contributed by atoms with Crippen molar-refractivity contribution in [2.24, 2.45) is 11.8 Å². The number of aromatic nitrogens is 1. The zero-order valence-electron chi connectivity index (χ0n) is 10.2. The first-order valence-electron chi connectivity index (χ1n) is 6.25. The van der Waals surface area contributed by atoms with Gasteiger partial charge in [-0.25, -0.2) is 4.98 Å². The Hall–Kier alpha value is -1.69. The van der Waals surface area contributed by atoms with Gasteiger partial charge in [0.15, 0.2) is 0 Å². The van der Waals surface area contributed by atoms with Gasteiger partial charge in [0, 0.05) is 37.9 Å². The van der Waals surface area contributed by atoms with E-state index < -0.39 is 0 Å². The molecule has 6 nitrogen and oxygen atoms in total. The van der Waals surface area contributed by atoms with Crippen molar-refractivity contribution < 1.29 is 4.92 Å². The third-order valence-corrected chi connectivity index (χ3v) is 4.17. The van der Waals surface area contributed by atoms with Gasteiger partial charge < -0.3 is 10.2 Å². The van der Waals surface area contributed by atoms with Crippen LogP contribution in [-0.2, 0) is 0 Å². The summed E-state index contributed by atoms with van der Waals surface area (Å²) in [5, 5.41) is 14.4. The largest absolute Gasteiger partial charge is 0.348 e. The normalized spacial score (nSPS) is 30.5. The van der Waals surface area contributed by atoms with Crippen molar-refractivity contribution in [1.82, 2.24) is 10.3 Å². The van der Waals surface area contributed by atoms with E-state index in [1.165, 1.54) is 6.07 Å². The molecule has 2 saturated heterocycles. The second-order valence-corrected chi connectivity index (χ2v) is 5.08. The van der Waals surface area contributed by atoms with Crippen molar-refractivity contribution in [3.8, 4) is 0 Å². The number of anilines is 1. The Morgan fingerprint density at radius 1 is 1.56 bits per heavy atom. The minimum absolute atomic E-state index is 0.109. The number of pyridine rings is 1. The van der Waals surface area contributed by atoms with E-state index in [0.29, 0.717) is 23.7 Å². The van der Waals surface area contributed by atoms with Crippen molar-refractivity contribution in [2.45, 2.75) is 13.0 Å². The van der Waals surface area contributed by atoms with Crippen LogP contribution in [0.2, 0.25) is 0 Å². The van der Waals surface area contributed by atoms with Gasteiger partial charge in [-0.2, -0.15) is 0 Å². The van der Waals surface area contributed by atoms with E-state index >= 15 is 0 Å². The van der Waals surface area contributed by atoms with Gasteiger partial charge in [0.1, 0.15) is 0 Å². The molecule has 18 heavy (non-hydrogen) atoms. The lowest BCUT2D eigenvalue weighted by molar-refractivity contribution is -0.384. The van der Waals surface area contributed by atoms with Gasteiger partial charge in [-0.1, -0.05) is 0 Å². The highest BCUT2D eigenvalue weighted by Gasteiger charge is 2.43. The van der Waals surface area contributed by atoms with Crippen LogP contribution in [0.4, 0.5) is 11.5 Å². The molecule has 0 aliphatic carbocycles. The third kappa shape index (κ3) is 1.64. The first-order valence-corrected chi connectivity index (χ1v) is 6.25. The SMILES string of the molecule is CC1C2CNCC2CN1c1ncccc1[N+](=O)[O-]. The van der Waals surface area contributed by atoms with E-state index in [1.807, 2.05) is 0 Å². The smallest absolute Gasteiger partial charge is 0.311 e. The van der Waals surface area contributed by atoms with Gasteiger partial charge in [0.2, 0.25) is 5.82 Å². The summed E-state index contributed by atoms with van der Waals surface area (Å²) >= 11 is 0. The van der Waals surface area contributed by atoms with E-state index in [4.69, 9.17) is 0 Å². The standard InChI is InChI=1S/C12H16N4O2/c1-8-10-6-13-5-9(10)7-15(8)12-11(16(17)18)3-2-4-14-12/h2-4,8-10,13H,5-7H2,1H3. The summed E-state index contributed by atoms with van der Waals surface area (Å²) in [6.45, 7) is 5.00. The zero-order valence-corrected chi connectivity index (χ0v) is 10.2. The summed E-state index contributed by atoms with van der Waals surface area (Å²) in [5.41, 5.74) is 0.109. The molecule has 6 heteroatoms. The molecule has 3 unspecified atom stereocenters. The van der Waals surface area contributed by atoms with Crippen LogP contribution in [0.15, 0.2) is 18.3 Å². The molecular formula is C12H16N4O2. The molecule has 1 aromatic heterocycles. The van der Waals surface area contributed by atoms with Crippen molar-refractivity contribution in [1.29, 1.82) is 0 Å². The molecule has 0 amide bonds. The Balaban J connectivity index is 1.94. The molecule has 0 aromatic carbocycles. The van der Waals surface area contributed by atoms with E-state index in [1.54, 1.807) is 12.3 Å². The highest BCUT2D eigenvalue weighted by Crippen LogP contribution is 2.38. The molecule has 2 aliphatic heterocycles. The quantitative estimate of drug-likeness (QED) is 0.625. The number of nitrogens with one attached hydrogen (secondary N) is 1. The molecule has 2 aliphatic rings. The van der Waals surface area contributed by atoms with Gasteiger partial charge in [-0.3, -0.25) is 10.1 Å². The monoisotopic (exact) mass is 248 g/mol. The molecule has 3 atom stereocenters. The van der Waals surface area contributed by atoms with Crippen LogP contribution < -0.4 is 10.2 Å². The van der Waals surface area contributed by atoms with Crippen molar-refractivity contribution in [3.63, 3.8) is 0 Å². The summed E-state index contributed by atoms with van der Waals surface area (Å²) in [6.07, 6.45) is 1.63. The van der Waals surface area contributed by atoms with Gasteiger partial charge in [0.05, 0.1) is 4.92 Å². The summed E-state index contributed by atoms with van der Waals surface area (Å²) in [5.74, 6) is 1.68. The fourth-order valence-corrected chi connectivity index (χ4v) is 3.20. The molecule has 0 spiro atoms. The lowest BCUT2D eigenvalue weighted by Gasteiger charge is -2.24. The van der Waals surface area contributed by atoms with Crippen LogP contribution in [0.5, 0.6) is 0 Å². The van der Waals surface area contributed by atoms with Crippen molar-refractivity contribution in [3.05, 3.63) is 28.4 Å². The third-order valence-electron chi connectivity index (χ3n) is 4.17. The Morgan fingerprint density at radius 3 is 3.11 bits per heavy atom. The molecule has 0 radical (unpaired) electrons. The number of hydrogen-bond acceptors (Lipinski definition) is 5. The zero-order chi connectivity index (χ0) is 12.7. The molecule has 3 rings (SSSR count). The van der Waals surface area contributed by atoms with Gasteiger partial charge in [0.25, 0.3) is 0 Å². The second kappa shape index (κ2) is 4.20. The number of nitro groups is 1. The first-order chi connectivity index (χ1) is 8.68. The topological polar surface area (TPSA) is 71.3 Å². The Kier molecular flexibility index (Phi) is 2.66. The van der Waals surface area contributed by atoms with Crippen LogP contribution in [0, 0.1) is 22.0 Å². The Bertz CT molecular complexity index is 479. The number of hydrogen-bond donors (Lipinski definition) is 1.